The minimum Gasteiger partial charge on any atom is -0.505 e. The van der Waals surface area contributed by atoms with Gasteiger partial charge in [-0.3, -0.25) is 0 Å². The largest absolute Gasteiger partial charge is 0.505 e. The third-order valence-electron chi connectivity index (χ3n) is 2.57. The summed E-state index contributed by atoms with van der Waals surface area (Å²) in [6.45, 7) is -0.0687. The van der Waals surface area contributed by atoms with Gasteiger partial charge in [0.15, 0.2) is 11.6 Å². The summed E-state index contributed by atoms with van der Waals surface area (Å²) in [5, 5.41) is 21.4. The van der Waals surface area contributed by atoms with E-state index >= 15 is 0 Å². The highest BCUT2D eigenvalue weighted by Gasteiger charge is 2.25. The van der Waals surface area contributed by atoms with Gasteiger partial charge in [-0.1, -0.05) is 6.07 Å². The van der Waals surface area contributed by atoms with Gasteiger partial charge in [0.1, 0.15) is 0 Å². The number of aliphatic hydroxyl groups is 1. The van der Waals surface area contributed by atoms with E-state index in [1.807, 2.05) is 0 Å². The van der Waals surface area contributed by atoms with Crippen molar-refractivity contribution >= 4 is 0 Å². The second-order valence-corrected chi connectivity index (χ2v) is 3.89. The molecule has 3 N–H and O–H groups in total. The van der Waals surface area contributed by atoms with Crippen molar-refractivity contribution in [2.75, 3.05) is 6.61 Å². The average Bonchev–Trinajstić information content (AvgIpc) is 3.02. The molecular formula is C11H14FNO2. The Morgan fingerprint density at radius 2 is 2.20 bits per heavy atom. The highest BCUT2D eigenvalue weighted by Crippen LogP contribution is 2.26. The number of halogens is 1. The van der Waals surface area contributed by atoms with Crippen LogP contribution in [0.1, 0.15) is 24.4 Å². The Morgan fingerprint density at radius 1 is 1.47 bits per heavy atom. The molecule has 3 nitrogen and oxygen atoms in total. The fraction of sp³-hybridized carbons (Fsp3) is 0.455. The summed E-state index contributed by atoms with van der Waals surface area (Å²) < 4.78 is 13.1. The van der Waals surface area contributed by atoms with E-state index in [9.17, 15) is 4.39 Å². The van der Waals surface area contributed by atoms with E-state index in [0.717, 1.165) is 12.8 Å². The molecule has 82 valence electrons. The molecule has 1 atom stereocenters. The van der Waals surface area contributed by atoms with Gasteiger partial charge in [0.2, 0.25) is 0 Å². The first kappa shape index (κ1) is 10.4. The lowest BCUT2D eigenvalue weighted by molar-refractivity contribution is 0.243. The predicted molar refractivity (Wildman–Crippen MR) is 54.0 cm³/mol. The lowest BCUT2D eigenvalue weighted by Crippen LogP contribution is -2.26. The van der Waals surface area contributed by atoms with Gasteiger partial charge in [-0.05, 0) is 30.5 Å². The molecular weight excluding hydrogens is 197 g/mol. The normalized spacial score (nSPS) is 17.7. The molecule has 4 heteroatoms. The molecule has 1 aliphatic carbocycles. The second kappa shape index (κ2) is 4.16. The van der Waals surface area contributed by atoms with Crippen LogP contribution in [0.15, 0.2) is 18.2 Å². The Bertz CT molecular complexity index is 352. The number of aromatic hydroxyl groups is 1. The molecule has 0 bridgehead atoms. The summed E-state index contributed by atoms with van der Waals surface area (Å²) in [6.07, 6.45) is 2.22. The van der Waals surface area contributed by atoms with E-state index in [1.165, 1.54) is 12.1 Å². The van der Waals surface area contributed by atoms with Gasteiger partial charge in [0.25, 0.3) is 0 Å². The SMILES string of the molecule is OCC(NC1CC1)c1ccc(O)c(F)c1. The van der Waals surface area contributed by atoms with Crippen LogP contribution in [-0.4, -0.2) is 22.9 Å². The maximum absolute atomic E-state index is 13.1. The second-order valence-electron chi connectivity index (χ2n) is 3.89. The van der Waals surface area contributed by atoms with Gasteiger partial charge in [-0.25, -0.2) is 4.39 Å². The Morgan fingerprint density at radius 3 is 2.73 bits per heavy atom. The number of nitrogens with one attached hydrogen (secondary N) is 1. The van der Waals surface area contributed by atoms with Crippen LogP contribution in [0.25, 0.3) is 0 Å². The Hall–Kier alpha value is -1.13. The molecule has 1 aromatic rings. The van der Waals surface area contributed by atoms with Gasteiger partial charge < -0.3 is 15.5 Å². The smallest absolute Gasteiger partial charge is 0.165 e. The van der Waals surface area contributed by atoms with E-state index in [-0.39, 0.29) is 18.4 Å². The number of hydrogen-bond acceptors (Lipinski definition) is 3. The highest BCUT2D eigenvalue weighted by molar-refractivity contribution is 5.30. The topological polar surface area (TPSA) is 52.5 Å². The van der Waals surface area contributed by atoms with Crippen molar-refractivity contribution < 1.29 is 14.6 Å². The fourth-order valence-corrected chi connectivity index (χ4v) is 1.53. The van der Waals surface area contributed by atoms with Gasteiger partial charge in [-0.15, -0.1) is 0 Å². The van der Waals surface area contributed by atoms with E-state index in [1.54, 1.807) is 6.07 Å². The number of aliphatic hydroxyl groups excluding tert-OH is 1. The monoisotopic (exact) mass is 211 g/mol. The molecule has 1 aromatic carbocycles. The van der Waals surface area contributed by atoms with Crippen LogP contribution in [0, 0.1) is 5.82 Å². The van der Waals surface area contributed by atoms with Crippen molar-refractivity contribution in [1.29, 1.82) is 0 Å². The molecule has 1 saturated carbocycles. The third kappa shape index (κ3) is 2.46. The van der Waals surface area contributed by atoms with Gasteiger partial charge in [0.05, 0.1) is 12.6 Å². The minimum absolute atomic E-state index is 0.0687. The zero-order valence-electron chi connectivity index (χ0n) is 8.28. The summed E-state index contributed by atoms with van der Waals surface area (Å²) in [6, 6.07) is 4.38. The molecule has 1 unspecified atom stereocenters. The van der Waals surface area contributed by atoms with Crippen LogP contribution >= 0.6 is 0 Å². The Labute approximate surface area is 87.6 Å². The van der Waals surface area contributed by atoms with Crippen molar-refractivity contribution in [2.24, 2.45) is 0 Å². The summed E-state index contributed by atoms with van der Waals surface area (Å²) in [5.41, 5.74) is 0.666. The molecule has 0 radical (unpaired) electrons. The molecule has 0 aliphatic heterocycles. The van der Waals surface area contributed by atoms with Crippen LogP contribution in [-0.2, 0) is 0 Å². The van der Waals surface area contributed by atoms with Crippen molar-refractivity contribution in [3.8, 4) is 5.75 Å². The van der Waals surface area contributed by atoms with E-state index < -0.39 is 5.82 Å². The zero-order valence-corrected chi connectivity index (χ0v) is 8.28. The molecule has 0 aromatic heterocycles. The third-order valence-corrected chi connectivity index (χ3v) is 2.57. The number of rotatable bonds is 4. The Balaban J connectivity index is 2.13. The first-order valence-corrected chi connectivity index (χ1v) is 5.06. The summed E-state index contributed by atoms with van der Waals surface area (Å²) in [7, 11) is 0. The predicted octanol–water partition coefficient (Wildman–Crippen LogP) is 1.32. The van der Waals surface area contributed by atoms with Crippen LogP contribution < -0.4 is 5.32 Å². The van der Waals surface area contributed by atoms with E-state index in [0.29, 0.717) is 11.6 Å². The van der Waals surface area contributed by atoms with Gasteiger partial charge >= 0.3 is 0 Å². The van der Waals surface area contributed by atoms with Gasteiger partial charge in [-0.2, -0.15) is 0 Å². The van der Waals surface area contributed by atoms with Crippen LogP contribution in [0.4, 0.5) is 4.39 Å². The number of phenolic OH excluding ortho intramolecular Hbond substituents is 1. The number of phenols is 1. The van der Waals surface area contributed by atoms with Crippen molar-refractivity contribution in [1.82, 2.24) is 5.32 Å². The maximum atomic E-state index is 13.1. The lowest BCUT2D eigenvalue weighted by Gasteiger charge is -2.16. The van der Waals surface area contributed by atoms with Crippen molar-refractivity contribution in [3.05, 3.63) is 29.6 Å². The van der Waals surface area contributed by atoms with Crippen LogP contribution in [0.5, 0.6) is 5.75 Å². The first-order chi connectivity index (χ1) is 7.20. The summed E-state index contributed by atoms with van der Waals surface area (Å²) >= 11 is 0. The molecule has 2 rings (SSSR count). The molecule has 0 amide bonds. The first-order valence-electron chi connectivity index (χ1n) is 5.06. The van der Waals surface area contributed by atoms with Gasteiger partial charge in [0, 0.05) is 6.04 Å². The fourth-order valence-electron chi connectivity index (χ4n) is 1.53. The van der Waals surface area contributed by atoms with Crippen molar-refractivity contribution in [3.63, 3.8) is 0 Å². The lowest BCUT2D eigenvalue weighted by atomic mass is 10.1. The molecule has 1 fully saturated rings. The van der Waals surface area contributed by atoms with Crippen LogP contribution in [0.2, 0.25) is 0 Å². The standard InChI is InChI=1S/C11H14FNO2/c12-9-5-7(1-4-11(9)15)10(6-14)13-8-2-3-8/h1,4-5,8,10,13-15H,2-3,6H2. The molecule has 15 heavy (non-hydrogen) atoms. The molecule has 0 spiro atoms. The van der Waals surface area contributed by atoms with E-state index in [4.69, 9.17) is 10.2 Å². The van der Waals surface area contributed by atoms with E-state index in [2.05, 4.69) is 5.32 Å². The molecule has 1 aliphatic rings. The maximum Gasteiger partial charge on any atom is 0.165 e. The number of hydrogen-bond donors (Lipinski definition) is 3. The van der Waals surface area contributed by atoms with Crippen LogP contribution in [0.3, 0.4) is 0 Å². The average molecular weight is 211 g/mol. The van der Waals surface area contributed by atoms with Crippen molar-refractivity contribution in [2.45, 2.75) is 24.9 Å². The summed E-state index contributed by atoms with van der Waals surface area (Å²) in [5.74, 6) is -1.01. The minimum atomic E-state index is -0.649. The molecule has 0 saturated heterocycles. The quantitative estimate of drug-likeness (QED) is 0.704. The molecule has 0 heterocycles. The highest BCUT2D eigenvalue weighted by atomic mass is 19.1. The zero-order chi connectivity index (χ0) is 10.8. The summed E-state index contributed by atoms with van der Waals surface area (Å²) in [4.78, 5) is 0. The number of benzene rings is 1. The Kier molecular flexibility index (Phi) is 2.88.